The Labute approximate surface area is 244 Å². The maximum atomic E-state index is 16.0. The van der Waals surface area contributed by atoms with Gasteiger partial charge in [0, 0.05) is 5.56 Å². The van der Waals surface area contributed by atoms with Crippen molar-refractivity contribution in [2.24, 2.45) is 0 Å². The number of nitrogens with two attached hydrogens (primary N) is 1. The molecule has 0 bridgehead atoms. The predicted octanol–water partition coefficient (Wildman–Crippen LogP) is -0.526. The number of ether oxygens (including phenoxy) is 2. The first-order valence-electron chi connectivity index (χ1n) is 11.8. The Morgan fingerprint density at radius 3 is 2.57 bits per heavy atom. The van der Waals surface area contributed by atoms with E-state index < -0.39 is 88.6 Å². The van der Waals surface area contributed by atoms with Crippen molar-refractivity contribution in [2.75, 3.05) is 18.9 Å². The summed E-state index contributed by atoms with van der Waals surface area (Å²) in [6.45, 7) is -3.40. The molecule has 0 amide bonds. The number of aliphatic hydroxyl groups excluding tert-OH is 5. The van der Waals surface area contributed by atoms with Crippen LogP contribution < -0.4 is 5.73 Å². The maximum absolute atomic E-state index is 16.0. The van der Waals surface area contributed by atoms with Gasteiger partial charge in [-0.1, -0.05) is 6.58 Å². The van der Waals surface area contributed by atoms with Crippen LogP contribution in [0.25, 0.3) is 10.2 Å². The van der Waals surface area contributed by atoms with Crippen molar-refractivity contribution in [1.82, 2.24) is 9.97 Å². The van der Waals surface area contributed by atoms with Gasteiger partial charge in [0.05, 0.1) is 23.4 Å². The molecule has 2 saturated heterocycles. The smallest absolute Gasteiger partial charge is 0.393 e. The monoisotopic (exact) mass is 681 g/mol. The SMILES string of the molecule is C=C[C@@]1(F)[C@H](O)[C@@H](COP(O)(=S)OP(=O)(O)OC2OC([C@@H](F)CO)C(O)C(O)C2O)O[C@H]1c1csc2c(N)ncnc12. The number of hydrogen-bond donors (Lipinski definition) is 8. The van der Waals surface area contributed by atoms with E-state index in [4.69, 9.17) is 36.6 Å². The molecule has 0 aliphatic carbocycles. The summed E-state index contributed by atoms with van der Waals surface area (Å²) >= 11 is 5.81. The van der Waals surface area contributed by atoms with Crippen molar-refractivity contribution in [3.63, 3.8) is 0 Å². The van der Waals surface area contributed by atoms with Crippen LogP contribution in [0.5, 0.6) is 0 Å². The van der Waals surface area contributed by atoms with Crippen LogP contribution in [0.15, 0.2) is 24.4 Å². The summed E-state index contributed by atoms with van der Waals surface area (Å²) in [6.07, 6.45) is -16.0. The number of nitrogens with zero attached hydrogens (tertiary/aromatic N) is 2. The van der Waals surface area contributed by atoms with Crippen molar-refractivity contribution in [3.8, 4) is 0 Å². The van der Waals surface area contributed by atoms with Crippen LogP contribution in [-0.2, 0) is 39.2 Å². The van der Waals surface area contributed by atoms with E-state index in [1.807, 2.05) is 0 Å². The zero-order valence-corrected chi connectivity index (χ0v) is 24.5. The van der Waals surface area contributed by atoms with Crippen LogP contribution in [0.4, 0.5) is 14.6 Å². The molecular weight excluding hydrogens is 654 g/mol. The zero-order chi connectivity index (χ0) is 31.2. The molecule has 0 aromatic carbocycles. The second kappa shape index (κ2) is 12.7. The fourth-order valence-corrected chi connectivity index (χ4v) is 8.41. The van der Waals surface area contributed by atoms with E-state index in [2.05, 4.69) is 25.4 Å². The number of phosphoric acid groups is 1. The highest BCUT2D eigenvalue weighted by Gasteiger charge is 2.57. The Kier molecular flexibility index (Phi) is 10.2. The molecule has 4 rings (SSSR count). The number of halogens is 2. The summed E-state index contributed by atoms with van der Waals surface area (Å²) in [5.41, 5.74) is 3.69. The van der Waals surface area contributed by atoms with Crippen molar-refractivity contribution in [3.05, 3.63) is 29.9 Å². The summed E-state index contributed by atoms with van der Waals surface area (Å²) in [5, 5.41) is 51.0. The number of anilines is 1. The third kappa shape index (κ3) is 6.59. The standard InChI is InChI=1S/C20H27F2N3O13P2S2/c1-2-20(22)16(30)9(35-17(20)7-5-42-15-10(7)24-6-25-18(15)23)4-34-40(33,41)38-39(31,32)37-19-13(29)11(27)12(28)14(36-19)8(21)3-26/h2,5-6,8-9,11-14,16-17,19,26-30H,1,3-4H2,(H,31,32)(H,33,41)(H2,23,24,25)/t8-,9+,11?,12?,13?,14?,16+,17-,19?,20+,40?/m0/s1. The molecule has 4 heterocycles. The molecule has 2 aromatic rings. The summed E-state index contributed by atoms with van der Waals surface area (Å²) in [5.74, 6) is 0.136. The molecule has 0 radical (unpaired) electrons. The molecule has 22 heteroatoms. The molecule has 42 heavy (non-hydrogen) atoms. The zero-order valence-electron chi connectivity index (χ0n) is 21.1. The second-order valence-corrected chi connectivity index (χ2v) is 14.5. The van der Waals surface area contributed by atoms with Gasteiger partial charge < -0.3 is 55.1 Å². The molecule has 236 valence electrons. The number of aliphatic hydroxyl groups is 5. The average molecular weight is 682 g/mol. The Morgan fingerprint density at radius 1 is 1.24 bits per heavy atom. The van der Waals surface area contributed by atoms with Gasteiger partial charge in [-0.25, -0.2) is 27.6 Å². The van der Waals surface area contributed by atoms with Crippen LogP contribution >= 0.6 is 25.9 Å². The molecule has 2 aliphatic heterocycles. The fourth-order valence-electron chi connectivity index (χ4n) is 4.37. The molecule has 2 aliphatic rings. The minimum atomic E-state index is -5.53. The van der Waals surface area contributed by atoms with Crippen molar-refractivity contribution in [1.29, 1.82) is 0 Å². The van der Waals surface area contributed by atoms with Gasteiger partial charge in [0.25, 0.3) is 0 Å². The third-order valence-corrected chi connectivity index (χ3v) is 11.0. The quantitative estimate of drug-likeness (QED) is 0.110. The first-order chi connectivity index (χ1) is 19.5. The molecule has 2 aromatic heterocycles. The number of phosphoric ester groups is 1. The molecule has 2 fully saturated rings. The van der Waals surface area contributed by atoms with Gasteiger partial charge in [-0.3, -0.25) is 4.52 Å². The van der Waals surface area contributed by atoms with E-state index in [0.29, 0.717) is 4.70 Å². The Morgan fingerprint density at radius 2 is 1.93 bits per heavy atom. The van der Waals surface area contributed by atoms with Crippen LogP contribution in [-0.4, -0.2) is 113 Å². The number of thiophene rings is 1. The minimum Gasteiger partial charge on any atom is -0.393 e. The maximum Gasteiger partial charge on any atom is 0.481 e. The van der Waals surface area contributed by atoms with Gasteiger partial charge in [-0.2, -0.15) is 0 Å². The summed E-state index contributed by atoms with van der Waals surface area (Å²) in [4.78, 5) is 28.4. The Bertz CT molecular complexity index is 1400. The second-order valence-electron chi connectivity index (χ2n) is 9.22. The molecule has 0 spiro atoms. The largest absolute Gasteiger partial charge is 0.481 e. The van der Waals surface area contributed by atoms with Gasteiger partial charge in [-0.05, 0) is 23.3 Å². The molecule has 0 saturated carbocycles. The molecular formula is C20H27F2N3O13P2S2. The fraction of sp³-hybridized carbons (Fsp3) is 0.600. The lowest BCUT2D eigenvalue weighted by atomic mass is 9.89. The van der Waals surface area contributed by atoms with E-state index in [9.17, 15) is 39.2 Å². The average Bonchev–Trinajstić information content (AvgIpc) is 3.46. The number of aromatic nitrogens is 2. The highest BCUT2D eigenvalue weighted by Crippen LogP contribution is 2.62. The van der Waals surface area contributed by atoms with Gasteiger partial charge in [0.2, 0.25) is 0 Å². The highest BCUT2D eigenvalue weighted by molar-refractivity contribution is 8.08. The Balaban J connectivity index is 1.44. The van der Waals surface area contributed by atoms with Crippen molar-refractivity contribution in [2.45, 2.75) is 60.9 Å². The van der Waals surface area contributed by atoms with Gasteiger partial charge in [-0.15, -0.1) is 11.3 Å². The van der Waals surface area contributed by atoms with Crippen LogP contribution in [0.2, 0.25) is 0 Å². The number of hydrogen-bond acceptors (Lipinski definition) is 16. The lowest BCUT2D eigenvalue weighted by Gasteiger charge is -2.41. The van der Waals surface area contributed by atoms with Crippen LogP contribution in [0, 0.1) is 0 Å². The number of rotatable bonds is 11. The lowest BCUT2D eigenvalue weighted by molar-refractivity contribution is -0.287. The molecule has 12 atom stereocenters. The van der Waals surface area contributed by atoms with Crippen molar-refractivity contribution >= 4 is 53.7 Å². The van der Waals surface area contributed by atoms with E-state index in [1.54, 1.807) is 0 Å². The molecule has 7 unspecified atom stereocenters. The molecule has 9 N–H and O–H groups in total. The minimum absolute atomic E-state index is 0.136. The normalized spacial score (nSPS) is 37.3. The summed E-state index contributed by atoms with van der Waals surface area (Å²) in [6, 6.07) is 0. The van der Waals surface area contributed by atoms with Gasteiger partial charge >= 0.3 is 14.5 Å². The first-order valence-corrected chi connectivity index (χ1v) is 16.8. The summed E-state index contributed by atoms with van der Waals surface area (Å²) < 4.78 is 67.4. The topological polar surface area (TPSA) is 257 Å². The van der Waals surface area contributed by atoms with E-state index in [0.717, 1.165) is 23.7 Å². The lowest BCUT2D eigenvalue weighted by Crippen LogP contribution is -2.60. The third-order valence-electron chi connectivity index (χ3n) is 6.50. The first kappa shape index (κ1) is 33.7. The highest BCUT2D eigenvalue weighted by atomic mass is 32.5. The Hall–Kier alpha value is -1.16. The number of fused-ring (bicyclic) bond motifs is 1. The summed E-state index contributed by atoms with van der Waals surface area (Å²) in [7, 11) is -5.53. The molecule has 16 nitrogen and oxygen atoms in total. The predicted molar refractivity (Wildman–Crippen MR) is 143 cm³/mol. The van der Waals surface area contributed by atoms with E-state index >= 15 is 4.39 Å². The van der Waals surface area contributed by atoms with Gasteiger partial charge in [0.15, 0.2) is 18.1 Å². The van der Waals surface area contributed by atoms with Crippen LogP contribution in [0.1, 0.15) is 11.7 Å². The van der Waals surface area contributed by atoms with Crippen LogP contribution in [0.3, 0.4) is 0 Å². The van der Waals surface area contributed by atoms with Crippen molar-refractivity contribution < 1.29 is 71.5 Å². The van der Waals surface area contributed by atoms with E-state index in [1.165, 1.54) is 5.38 Å². The number of alkyl halides is 2. The van der Waals surface area contributed by atoms with Gasteiger partial charge in [0.1, 0.15) is 54.9 Å². The number of nitrogen functional groups attached to an aromatic ring is 1. The van der Waals surface area contributed by atoms with E-state index in [-0.39, 0.29) is 16.9 Å².